The Morgan fingerprint density at radius 2 is 1.75 bits per heavy atom. The van der Waals surface area contributed by atoms with Crippen LogP contribution in [0.3, 0.4) is 0 Å². The maximum absolute atomic E-state index is 12.9. The molecule has 148 valence electrons. The van der Waals surface area contributed by atoms with Crippen LogP contribution in [0.25, 0.3) is 5.82 Å². The summed E-state index contributed by atoms with van der Waals surface area (Å²) in [5.74, 6) is 0.781. The van der Waals surface area contributed by atoms with Crippen molar-refractivity contribution < 1.29 is 8.42 Å². The summed E-state index contributed by atoms with van der Waals surface area (Å²) in [6, 6.07) is 9.30. The highest BCUT2D eigenvalue weighted by Gasteiger charge is 2.31. The first-order valence-corrected chi connectivity index (χ1v) is 11.4. The Bertz CT molecular complexity index is 1080. The van der Waals surface area contributed by atoms with E-state index >= 15 is 0 Å². The number of aryl methyl sites for hydroxylation is 2. The van der Waals surface area contributed by atoms with Gasteiger partial charge >= 0.3 is 0 Å². The Morgan fingerprint density at radius 1 is 1.00 bits per heavy atom. The summed E-state index contributed by atoms with van der Waals surface area (Å²) >= 11 is 1.33. The second-order valence-electron chi connectivity index (χ2n) is 6.88. The molecule has 1 fully saturated rings. The molecule has 1 aliphatic heterocycles. The minimum absolute atomic E-state index is 0.425. The van der Waals surface area contributed by atoms with Crippen molar-refractivity contribution >= 4 is 27.0 Å². The molecule has 0 unspecified atom stereocenters. The van der Waals surface area contributed by atoms with E-state index in [0.717, 1.165) is 27.8 Å². The fourth-order valence-electron chi connectivity index (χ4n) is 3.62. The average Bonchev–Trinajstić information content (AvgIpc) is 3.26. The Morgan fingerprint density at radius 3 is 2.36 bits per heavy atom. The molecule has 0 N–H and O–H groups in total. The quantitative estimate of drug-likeness (QED) is 0.653. The van der Waals surface area contributed by atoms with Gasteiger partial charge in [0, 0.05) is 37.3 Å². The van der Waals surface area contributed by atoms with E-state index < -0.39 is 10.0 Å². The largest absolute Gasteiger partial charge is 0.366 e. The standard InChI is InChI=1S/C19H23N5O2S2/c1-14-7-8-18(27-14)28(25,26)23-12-10-22(11-13-23)19-15(2)21-24(16(19)3)17-6-4-5-9-20-17/h4-9H,10-13H2,1-3H3. The van der Waals surface area contributed by atoms with Crippen molar-refractivity contribution in [3.8, 4) is 5.82 Å². The summed E-state index contributed by atoms with van der Waals surface area (Å²) in [5.41, 5.74) is 3.00. The third-order valence-corrected chi connectivity index (χ3v) is 8.35. The van der Waals surface area contributed by atoms with Crippen LogP contribution in [-0.2, 0) is 10.0 Å². The zero-order valence-corrected chi connectivity index (χ0v) is 17.8. The number of thiophene rings is 1. The normalized spacial score (nSPS) is 15.9. The van der Waals surface area contributed by atoms with Crippen LogP contribution in [0.1, 0.15) is 16.3 Å². The predicted molar refractivity (Wildman–Crippen MR) is 111 cm³/mol. The fraction of sp³-hybridized carbons (Fsp3) is 0.368. The minimum atomic E-state index is -3.41. The van der Waals surface area contributed by atoms with Crippen molar-refractivity contribution in [1.29, 1.82) is 0 Å². The van der Waals surface area contributed by atoms with Crippen LogP contribution in [0.15, 0.2) is 40.7 Å². The van der Waals surface area contributed by atoms with Crippen LogP contribution < -0.4 is 4.90 Å². The first-order chi connectivity index (χ1) is 13.4. The maximum atomic E-state index is 12.9. The predicted octanol–water partition coefficient (Wildman–Crippen LogP) is 2.76. The van der Waals surface area contributed by atoms with E-state index in [4.69, 9.17) is 0 Å². The lowest BCUT2D eigenvalue weighted by atomic mass is 10.2. The van der Waals surface area contributed by atoms with Gasteiger partial charge < -0.3 is 4.90 Å². The van der Waals surface area contributed by atoms with Crippen LogP contribution in [0.2, 0.25) is 0 Å². The minimum Gasteiger partial charge on any atom is -0.366 e. The zero-order valence-electron chi connectivity index (χ0n) is 16.2. The van der Waals surface area contributed by atoms with Crippen molar-refractivity contribution in [3.05, 3.63) is 52.8 Å². The monoisotopic (exact) mass is 417 g/mol. The van der Waals surface area contributed by atoms with Crippen molar-refractivity contribution in [2.24, 2.45) is 0 Å². The van der Waals surface area contributed by atoms with Gasteiger partial charge in [-0.15, -0.1) is 11.3 Å². The third-order valence-electron chi connectivity index (χ3n) is 4.98. The molecule has 1 saturated heterocycles. The molecule has 0 aliphatic carbocycles. The van der Waals surface area contributed by atoms with Gasteiger partial charge in [0.25, 0.3) is 10.0 Å². The number of pyridine rings is 1. The lowest BCUT2D eigenvalue weighted by Crippen LogP contribution is -2.48. The number of nitrogens with zero attached hydrogens (tertiary/aromatic N) is 5. The number of hydrogen-bond donors (Lipinski definition) is 0. The molecule has 4 rings (SSSR count). The van der Waals surface area contributed by atoms with E-state index in [2.05, 4.69) is 15.0 Å². The molecule has 1 aliphatic rings. The summed E-state index contributed by atoms with van der Waals surface area (Å²) in [4.78, 5) is 7.61. The molecule has 9 heteroatoms. The molecule has 3 aromatic heterocycles. The van der Waals surface area contributed by atoms with Gasteiger partial charge in [0.15, 0.2) is 5.82 Å². The lowest BCUT2D eigenvalue weighted by molar-refractivity contribution is 0.385. The van der Waals surface area contributed by atoms with Gasteiger partial charge in [-0.1, -0.05) is 6.07 Å². The molecule has 0 spiro atoms. The lowest BCUT2D eigenvalue weighted by Gasteiger charge is -2.35. The SMILES string of the molecule is Cc1ccc(S(=O)(=O)N2CCN(c3c(C)nn(-c4ccccn4)c3C)CC2)s1. The number of aromatic nitrogens is 3. The van der Waals surface area contributed by atoms with E-state index in [0.29, 0.717) is 30.4 Å². The van der Waals surface area contributed by atoms with E-state index in [1.54, 1.807) is 16.6 Å². The van der Waals surface area contributed by atoms with Gasteiger partial charge in [-0.2, -0.15) is 9.40 Å². The topological polar surface area (TPSA) is 71.3 Å². The first kappa shape index (κ1) is 19.1. The van der Waals surface area contributed by atoms with E-state index in [1.807, 2.05) is 49.7 Å². The van der Waals surface area contributed by atoms with E-state index in [-0.39, 0.29) is 0 Å². The van der Waals surface area contributed by atoms with Crippen LogP contribution >= 0.6 is 11.3 Å². The molecular weight excluding hydrogens is 394 g/mol. The van der Waals surface area contributed by atoms with Crippen LogP contribution in [0, 0.1) is 20.8 Å². The maximum Gasteiger partial charge on any atom is 0.252 e. The highest BCUT2D eigenvalue weighted by molar-refractivity contribution is 7.91. The molecule has 7 nitrogen and oxygen atoms in total. The van der Waals surface area contributed by atoms with E-state index in [1.165, 1.54) is 11.3 Å². The Kier molecular flexibility index (Phi) is 4.98. The van der Waals surface area contributed by atoms with Crippen molar-refractivity contribution in [3.63, 3.8) is 0 Å². The Balaban J connectivity index is 1.54. The van der Waals surface area contributed by atoms with Crippen LogP contribution in [-0.4, -0.2) is 53.7 Å². The van der Waals surface area contributed by atoms with Crippen molar-refractivity contribution in [2.75, 3.05) is 31.1 Å². The third kappa shape index (κ3) is 3.34. The summed E-state index contributed by atoms with van der Waals surface area (Å²) in [7, 11) is -3.41. The Labute approximate surface area is 169 Å². The number of sulfonamides is 1. The van der Waals surface area contributed by atoms with Gasteiger partial charge in [0.1, 0.15) is 4.21 Å². The van der Waals surface area contributed by atoms with Crippen LogP contribution in [0.4, 0.5) is 5.69 Å². The molecule has 0 saturated carbocycles. The molecule has 28 heavy (non-hydrogen) atoms. The summed E-state index contributed by atoms with van der Waals surface area (Å²) < 4.78 is 29.6. The molecule has 0 atom stereocenters. The van der Waals surface area contributed by atoms with E-state index in [9.17, 15) is 8.42 Å². The van der Waals surface area contributed by atoms with Crippen molar-refractivity contribution in [2.45, 2.75) is 25.0 Å². The fourth-order valence-corrected chi connectivity index (χ4v) is 6.48. The molecule has 4 heterocycles. The van der Waals surface area contributed by atoms with Crippen LogP contribution in [0.5, 0.6) is 0 Å². The summed E-state index contributed by atoms with van der Waals surface area (Å²) in [6.45, 7) is 8.14. The van der Waals surface area contributed by atoms with Gasteiger partial charge in [0.05, 0.1) is 17.1 Å². The van der Waals surface area contributed by atoms with Gasteiger partial charge in [-0.05, 0) is 45.0 Å². The first-order valence-electron chi connectivity index (χ1n) is 9.17. The number of piperazine rings is 1. The number of rotatable bonds is 4. The molecule has 0 aromatic carbocycles. The Hall–Kier alpha value is -2.23. The molecule has 0 bridgehead atoms. The molecule has 0 radical (unpaired) electrons. The van der Waals surface area contributed by atoms with Crippen molar-refractivity contribution in [1.82, 2.24) is 19.1 Å². The smallest absolute Gasteiger partial charge is 0.252 e. The summed E-state index contributed by atoms with van der Waals surface area (Å²) in [6.07, 6.45) is 1.75. The second kappa shape index (κ2) is 7.31. The number of hydrogen-bond acceptors (Lipinski definition) is 6. The molecule has 3 aromatic rings. The van der Waals surface area contributed by atoms with Gasteiger partial charge in [-0.25, -0.2) is 18.1 Å². The average molecular weight is 418 g/mol. The van der Waals surface area contributed by atoms with Gasteiger partial charge in [0.2, 0.25) is 0 Å². The highest BCUT2D eigenvalue weighted by atomic mass is 32.2. The van der Waals surface area contributed by atoms with Gasteiger partial charge in [-0.3, -0.25) is 0 Å². The number of anilines is 1. The molecular formula is C19H23N5O2S2. The second-order valence-corrected chi connectivity index (χ2v) is 10.3. The molecule has 0 amide bonds. The highest BCUT2D eigenvalue weighted by Crippen LogP contribution is 2.29. The summed E-state index contributed by atoms with van der Waals surface area (Å²) in [5, 5.41) is 4.66. The zero-order chi connectivity index (χ0) is 19.9.